The number of rotatable bonds is 6. The van der Waals surface area contributed by atoms with E-state index in [0.717, 1.165) is 0 Å². The van der Waals surface area contributed by atoms with Gasteiger partial charge in [0.05, 0.1) is 32.4 Å². The van der Waals surface area contributed by atoms with Gasteiger partial charge in [-0.1, -0.05) is 11.6 Å². The fourth-order valence-corrected chi connectivity index (χ4v) is 4.59. The molecule has 1 saturated carbocycles. The van der Waals surface area contributed by atoms with Gasteiger partial charge in [0, 0.05) is 36.2 Å². The van der Waals surface area contributed by atoms with Crippen LogP contribution in [0, 0.1) is 5.82 Å². The molecule has 0 bridgehead atoms. The van der Waals surface area contributed by atoms with E-state index in [-0.39, 0.29) is 48.0 Å². The smallest absolute Gasteiger partial charge is 0.264 e. The number of nitrogens with zero attached hydrogens (tertiary/aromatic N) is 2. The summed E-state index contributed by atoms with van der Waals surface area (Å²) >= 11 is 6.23. The molecule has 0 saturated heterocycles. The zero-order valence-corrected chi connectivity index (χ0v) is 18.9. The van der Waals surface area contributed by atoms with Crippen LogP contribution in [0.3, 0.4) is 0 Å². The fourth-order valence-electron chi connectivity index (χ4n) is 4.31. The summed E-state index contributed by atoms with van der Waals surface area (Å²) in [6, 6.07) is 2.80. The van der Waals surface area contributed by atoms with Gasteiger partial charge in [0.25, 0.3) is 11.8 Å². The lowest BCUT2D eigenvalue weighted by Gasteiger charge is -2.36. The van der Waals surface area contributed by atoms with Crippen molar-refractivity contribution in [2.24, 2.45) is 5.73 Å². The topological polar surface area (TPSA) is 89.7 Å². The van der Waals surface area contributed by atoms with Crippen LogP contribution in [0.25, 0.3) is 0 Å². The van der Waals surface area contributed by atoms with E-state index in [1.807, 2.05) is 0 Å². The predicted octanol–water partition coefficient (Wildman–Crippen LogP) is 3.97. The zero-order chi connectivity index (χ0) is 23.9. The Kier molecular flexibility index (Phi) is 6.32. The number of carbonyl (C=O) groups is 1. The Hall–Kier alpha value is -2.72. The summed E-state index contributed by atoms with van der Waals surface area (Å²) in [5.74, 6) is -3.52. The Morgan fingerprint density at radius 1 is 1.33 bits per heavy atom. The minimum Gasteiger partial charge on any atom is -0.497 e. The Labute approximate surface area is 194 Å². The summed E-state index contributed by atoms with van der Waals surface area (Å²) in [5.41, 5.74) is 6.42. The number of amides is 1. The summed E-state index contributed by atoms with van der Waals surface area (Å²) in [7, 11) is 3.02. The van der Waals surface area contributed by atoms with Crippen LogP contribution in [-0.2, 0) is 13.1 Å². The molecule has 2 aromatic rings. The summed E-state index contributed by atoms with van der Waals surface area (Å²) < 4.78 is 53.9. The lowest BCUT2D eigenvalue weighted by molar-refractivity contribution is -0.0555. The lowest BCUT2D eigenvalue weighted by atomic mass is 9.87. The highest BCUT2D eigenvalue weighted by Crippen LogP contribution is 2.38. The number of aromatic nitrogens is 1. The number of hydrogen-bond acceptors (Lipinski definition) is 6. The number of alkyl halides is 2. The van der Waals surface area contributed by atoms with Gasteiger partial charge < -0.3 is 25.4 Å². The number of carbonyl (C=O) groups excluding carboxylic acids is 1. The third-order valence-corrected chi connectivity index (χ3v) is 6.44. The molecule has 1 fully saturated rings. The number of benzene rings is 1. The zero-order valence-electron chi connectivity index (χ0n) is 18.1. The third-order valence-electron chi connectivity index (χ3n) is 6.16. The van der Waals surface area contributed by atoms with Crippen molar-refractivity contribution in [3.05, 3.63) is 45.9 Å². The largest absolute Gasteiger partial charge is 0.497 e. The first-order valence-electron chi connectivity index (χ1n) is 10.4. The molecule has 2 atom stereocenters. The van der Waals surface area contributed by atoms with Crippen molar-refractivity contribution >= 4 is 23.3 Å². The van der Waals surface area contributed by atoms with Crippen molar-refractivity contribution in [1.82, 2.24) is 9.88 Å². The number of methoxy groups -OCH3 is 2. The summed E-state index contributed by atoms with van der Waals surface area (Å²) in [5, 5.41) is 2.50. The molecule has 1 aromatic heterocycles. The number of nitrogens with two attached hydrogens (primary N) is 1. The quantitative estimate of drug-likeness (QED) is 0.603. The highest BCUT2D eigenvalue weighted by molar-refractivity contribution is 6.33. The second-order valence-electron chi connectivity index (χ2n) is 8.19. The maximum atomic E-state index is 15.3. The van der Waals surface area contributed by atoms with E-state index in [0.29, 0.717) is 23.5 Å². The number of hydrogen-bond donors (Lipinski definition) is 2. The molecule has 2 aliphatic rings. The van der Waals surface area contributed by atoms with Crippen LogP contribution >= 0.6 is 11.6 Å². The van der Waals surface area contributed by atoms with Gasteiger partial charge in [0.2, 0.25) is 0 Å². The molecule has 1 aliphatic heterocycles. The molecule has 0 spiro atoms. The molecule has 3 N–H and O–H groups in total. The first-order valence-corrected chi connectivity index (χ1v) is 10.8. The van der Waals surface area contributed by atoms with Crippen LogP contribution in [0.5, 0.6) is 11.5 Å². The van der Waals surface area contributed by atoms with Crippen LogP contribution < -0.4 is 20.5 Å². The number of halogens is 4. The highest BCUT2D eigenvalue weighted by atomic mass is 35.5. The van der Waals surface area contributed by atoms with Crippen molar-refractivity contribution in [3.63, 3.8) is 0 Å². The monoisotopic (exact) mass is 484 g/mol. The third kappa shape index (κ3) is 4.29. The lowest BCUT2D eigenvalue weighted by Crippen LogP contribution is -2.55. The van der Waals surface area contributed by atoms with Crippen molar-refractivity contribution in [3.8, 4) is 11.5 Å². The second-order valence-corrected chi connectivity index (χ2v) is 8.55. The van der Waals surface area contributed by atoms with Gasteiger partial charge in [-0.05, 0) is 25.0 Å². The molecule has 1 aromatic carbocycles. The Morgan fingerprint density at radius 2 is 2.09 bits per heavy atom. The molecule has 1 aliphatic carbocycles. The van der Waals surface area contributed by atoms with Gasteiger partial charge in [-0.25, -0.2) is 18.2 Å². The minimum absolute atomic E-state index is 0.0366. The normalized spacial score (nSPS) is 21.7. The van der Waals surface area contributed by atoms with Gasteiger partial charge in [-0.3, -0.25) is 4.79 Å². The highest BCUT2D eigenvalue weighted by Gasteiger charge is 2.45. The minimum atomic E-state index is -3.06. The number of pyridine rings is 1. The molecule has 178 valence electrons. The molecular weight excluding hydrogens is 461 g/mol. The number of nitrogens with one attached hydrogen (secondary N) is 1. The average Bonchev–Trinajstić information content (AvgIpc) is 3.12. The van der Waals surface area contributed by atoms with Gasteiger partial charge in [0.15, 0.2) is 11.6 Å². The second kappa shape index (κ2) is 8.90. The van der Waals surface area contributed by atoms with E-state index < -0.39 is 29.7 Å². The van der Waals surface area contributed by atoms with Crippen LogP contribution in [-0.4, -0.2) is 48.0 Å². The van der Waals surface area contributed by atoms with Gasteiger partial charge in [-0.15, -0.1) is 0 Å². The van der Waals surface area contributed by atoms with Crippen LogP contribution in [0.4, 0.5) is 19.0 Å². The van der Waals surface area contributed by atoms with Gasteiger partial charge in [0.1, 0.15) is 16.7 Å². The van der Waals surface area contributed by atoms with Gasteiger partial charge >= 0.3 is 0 Å². The first-order chi connectivity index (χ1) is 15.7. The first kappa shape index (κ1) is 23.4. The molecule has 11 heteroatoms. The molecule has 4 rings (SSSR count). The summed E-state index contributed by atoms with van der Waals surface area (Å²) in [6.45, 7) is 0.0813. The maximum Gasteiger partial charge on any atom is 0.264 e. The van der Waals surface area contributed by atoms with E-state index >= 15 is 4.39 Å². The Balaban J connectivity index is 1.59. The van der Waals surface area contributed by atoms with Crippen molar-refractivity contribution in [1.29, 1.82) is 0 Å². The average molecular weight is 485 g/mol. The SMILES string of the molecule is COc1ccc(CN2Cc3c(F)c(N[C@@H]4CCCC(F)(F)[C@@H]4N)nc(Cl)c3C2=O)c(OC)c1. The Morgan fingerprint density at radius 3 is 2.79 bits per heavy atom. The standard InChI is InChI=1S/C22H24ClF3N4O3/c1-32-12-6-5-11(15(8-12)33-2)9-30-10-13-16(21(30)31)19(23)29-20(17(13)24)28-14-4-3-7-22(25,26)18(14)27/h5-6,8,14,18H,3-4,7,9-10,27H2,1-2H3,(H,28,29)/t14-,18-/m1/s1. The Bertz CT molecular complexity index is 1090. The number of fused-ring (bicyclic) bond motifs is 1. The van der Waals surface area contributed by atoms with Crippen molar-refractivity contribution in [2.75, 3.05) is 19.5 Å². The molecule has 0 unspecified atom stereocenters. The van der Waals surface area contributed by atoms with Crippen LogP contribution in [0.1, 0.15) is 40.7 Å². The van der Waals surface area contributed by atoms with Gasteiger partial charge in [-0.2, -0.15) is 0 Å². The van der Waals surface area contributed by atoms with E-state index in [2.05, 4.69) is 10.3 Å². The van der Waals surface area contributed by atoms with Crippen LogP contribution in [0.2, 0.25) is 5.15 Å². The molecule has 2 heterocycles. The van der Waals surface area contributed by atoms with E-state index in [1.54, 1.807) is 18.2 Å². The molecule has 1 amide bonds. The van der Waals surface area contributed by atoms with E-state index in [1.165, 1.54) is 19.1 Å². The molecule has 7 nitrogen and oxygen atoms in total. The maximum absolute atomic E-state index is 15.3. The molecule has 0 radical (unpaired) electrons. The summed E-state index contributed by atoms with van der Waals surface area (Å²) in [6.07, 6.45) is 0.273. The fraction of sp³-hybridized carbons (Fsp3) is 0.455. The molecular formula is C22H24ClF3N4O3. The number of anilines is 1. The van der Waals surface area contributed by atoms with E-state index in [4.69, 9.17) is 26.8 Å². The number of ether oxygens (including phenoxy) is 2. The predicted molar refractivity (Wildman–Crippen MR) is 117 cm³/mol. The molecule has 33 heavy (non-hydrogen) atoms. The summed E-state index contributed by atoms with van der Waals surface area (Å²) in [4.78, 5) is 18.3. The van der Waals surface area contributed by atoms with Crippen molar-refractivity contribution < 1.29 is 27.4 Å². The van der Waals surface area contributed by atoms with Crippen molar-refractivity contribution in [2.45, 2.75) is 50.4 Å². The van der Waals surface area contributed by atoms with E-state index in [9.17, 15) is 13.6 Å². The van der Waals surface area contributed by atoms with Crippen LogP contribution in [0.15, 0.2) is 18.2 Å².